The minimum atomic E-state index is 0.626. The molecule has 0 bridgehead atoms. The second-order valence-electron chi connectivity index (χ2n) is 4.51. The van der Waals surface area contributed by atoms with Crippen LogP contribution in [-0.4, -0.2) is 17.0 Å². The Morgan fingerprint density at radius 1 is 1.22 bits per heavy atom. The van der Waals surface area contributed by atoms with Gasteiger partial charge in [0.2, 0.25) is 0 Å². The van der Waals surface area contributed by atoms with Gasteiger partial charge in [-0.1, -0.05) is 34.1 Å². The van der Waals surface area contributed by atoms with E-state index in [-0.39, 0.29) is 0 Å². The SMILES string of the molecule is CNc1cc(C2CC2)nc(-c2ccccc2Br)n1. The highest BCUT2D eigenvalue weighted by atomic mass is 79.9. The first-order chi connectivity index (χ1) is 8.78. The summed E-state index contributed by atoms with van der Waals surface area (Å²) in [4.78, 5) is 9.23. The predicted molar refractivity (Wildman–Crippen MR) is 76.7 cm³/mol. The summed E-state index contributed by atoms with van der Waals surface area (Å²) in [5.41, 5.74) is 2.19. The van der Waals surface area contributed by atoms with Gasteiger partial charge in [-0.2, -0.15) is 0 Å². The number of nitrogens with one attached hydrogen (secondary N) is 1. The normalized spacial score (nSPS) is 14.6. The standard InChI is InChI=1S/C14H14BrN3/c1-16-13-8-12(9-6-7-9)17-14(18-13)10-4-2-3-5-11(10)15/h2-5,8-9H,6-7H2,1H3,(H,16,17,18). The molecule has 0 unspecified atom stereocenters. The van der Waals surface area contributed by atoms with E-state index >= 15 is 0 Å². The van der Waals surface area contributed by atoms with Crippen molar-refractivity contribution in [3.05, 3.63) is 40.5 Å². The van der Waals surface area contributed by atoms with Crippen LogP contribution in [-0.2, 0) is 0 Å². The third-order valence-electron chi connectivity index (χ3n) is 3.11. The van der Waals surface area contributed by atoms with Crippen molar-refractivity contribution in [2.75, 3.05) is 12.4 Å². The van der Waals surface area contributed by atoms with Crippen LogP contribution in [0.1, 0.15) is 24.5 Å². The maximum Gasteiger partial charge on any atom is 0.162 e. The maximum absolute atomic E-state index is 4.69. The molecule has 92 valence electrons. The highest BCUT2D eigenvalue weighted by Crippen LogP contribution is 2.40. The van der Waals surface area contributed by atoms with Gasteiger partial charge in [0.05, 0.1) is 0 Å². The summed E-state index contributed by atoms with van der Waals surface area (Å²) in [6.07, 6.45) is 2.49. The largest absolute Gasteiger partial charge is 0.373 e. The van der Waals surface area contributed by atoms with Crippen LogP contribution in [0.25, 0.3) is 11.4 Å². The third-order valence-corrected chi connectivity index (χ3v) is 3.80. The van der Waals surface area contributed by atoms with Crippen LogP contribution in [0.5, 0.6) is 0 Å². The molecule has 18 heavy (non-hydrogen) atoms. The van der Waals surface area contributed by atoms with E-state index < -0.39 is 0 Å². The Kier molecular flexibility index (Phi) is 3.04. The quantitative estimate of drug-likeness (QED) is 0.936. The fraction of sp³-hybridized carbons (Fsp3) is 0.286. The number of aromatic nitrogens is 2. The fourth-order valence-corrected chi connectivity index (χ4v) is 2.41. The molecule has 1 aliphatic carbocycles. The van der Waals surface area contributed by atoms with E-state index in [4.69, 9.17) is 4.98 Å². The molecule has 0 saturated heterocycles. The number of benzene rings is 1. The molecule has 2 aromatic rings. The first-order valence-corrected chi connectivity index (χ1v) is 6.89. The zero-order valence-corrected chi connectivity index (χ0v) is 11.7. The van der Waals surface area contributed by atoms with E-state index in [0.717, 1.165) is 27.4 Å². The van der Waals surface area contributed by atoms with Gasteiger partial charge in [0, 0.05) is 34.8 Å². The van der Waals surface area contributed by atoms with Crippen molar-refractivity contribution >= 4 is 21.7 Å². The molecule has 1 heterocycles. The van der Waals surface area contributed by atoms with Crippen LogP contribution in [0.2, 0.25) is 0 Å². The number of nitrogens with zero attached hydrogens (tertiary/aromatic N) is 2. The highest BCUT2D eigenvalue weighted by molar-refractivity contribution is 9.10. The molecule has 0 spiro atoms. The molecule has 0 atom stereocenters. The lowest BCUT2D eigenvalue weighted by atomic mass is 10.2. The van der Waals surface area contributed by atoms with Gasteiger partial charge in [0.1, 0.15) is 5.82 Å². The Labute approximate surface area is 115 Å². The van der Waals surface area contributed by atoms with E-state index in [0.29, 0.717) is 5.92 Å². The molecule has 4 heteroatoms. The smallest absolute Gasteiger partial charge is 0.162 e. The Bertz CT molecular complexity index is 579. The van der Waals surface area contributed by atoms with E-state index in [1.165, 1.54) is 12.8 Å². The van der Waals surface area contributed by atoms with E-state index in [9.17, 15) is 0 Å². The van der Waals surface area contributed by atoms with Gasteiger partial charge in [-0.05, 0) is 18.9 Å². The van der Waals surface area contributed by atoms with Gasteiger partial charge < -0.3 is 5.32 Å². The zero-order valence-electron chi connectivity index (χ0n) is 10.2. The molecule has 1 aromatic heterocycles. The summed E-state index contributed by atoms with van der Waals surface area (Å²) in [5.74, 6) is 2.30. The molecule has 0 radical (unpaired) electrons. The molecule has 1 saturated carbocycles. The van der Waals surface area contributed by atoms with E-state index in [1.54, 1.807) is 0 Å². The number of hydrogen-bond donors (Lipinski definition) is 1. The van der Waals surface area contributed by atoms with Crippen LogP contribution < -0.4 is 5.32 Å². The maximum atomic E-state index is 4.69. The van der Waals surface area contributed by atoms with Gasteiger partial charge in [0.15, 0.2) is 5.82 Å². The monoisotopic (exact) mass is 303 g/mol. The predicted octanol–water partition coefficient (Wildman–Crippen LogP) is 3.83. The van der Waals surface area contributed by atoms with Crippen LogP contribution >= 0.6 is 15.9 Å². The summed E-state index contributed by atoms with van der Waals surface area (Å²) in [6, 6.07) is 10.1. The van der Waals surface area contributed by atoms with Gasteiger partial charge >= 0.3 is 0 Å². The first-order valence-electron chi connectivity index (χ1n) is 6.09. The molecule has 0 amide bonds. The summed E-state index contributed by atoms with van der Waals surface area (Å²) in [5, 5.41) is 3.11. The number of rotatable bonds is 3. The Hall–Kier alpha value is -1.42. The molecule has 0 aliphatic heterocycles. The van der Waals surface area contributed by atoms with Crippen molar-refractivity contribution in [2.45, 2.75) is 18.8 Å². The van der Waals surface area contributed by atoms with Gasteiger partial charge in [0.25, 0.3) is 0 Å². The molecular weight excluding hydrogens is 290 g/mol. The molecule has 1 N–H and O–H groups in total. The number of hydrogen-bond acceptors (Lipinski definition) is 3. The van der Waals surface area contributed by atoms with Crippen molar-refractivity contribution in [2.24, 2.45) is 0 Å². The van der Waals surface area contributed by atoms with Crippen LogP contribution in [0, 0.1) is 0 Å². The summed E-state index contributed by atoms with van der Waals surface area (Å²) in [6.45, 7) is 0. The second kappa shape index (κ2) is 4.69. The van der Waals surface area contributed by atoms with Crippen molar-refractivity contribution < 1.29 is 0 Å². The first kappa shape index (κ1) is 11.7. The van der Waals surface area contributed by atoms with Crippen molar-refractivity contribution in [3.63, 3.8) is 0 Å². The molecular formula is C14H14BrN3. The van der Waals surface area contributed by atoms with Gasteiger partial charge in [-0.3, -0.25) is 0 Å². The summed E-state index contributed by atoms with van der Waals surface area (Å²) in [7, 11) is 1.89. The lowest BCUT2D eigenvalue weighted by molar-refractivity contribution is 0.994. The topological polar surface area (TPSA) is 37.8 Å². The van der Waals surface area contributed by atoms with Crippen molar-refractivity contribution in [1.29, 1.82) is 0 Å². The molecule has 3 rings (SSSR count). The molecule has 1 aliphatic rings. The lowest BCUT2D eigenvalue weighted by Gasteiger charge is -2.08. The summed E-state index contributed by atoms with van der Waals surface area (Å²) >= 11 is 3.56. The fourth-order valence-electron chi connectivity index (χ4n) is 1.95. The van der Waals surface area contributed by atoms with Gasteiger partial charge in [-0.25, -0.2) is 9.97 Å². The molecule has 1 aromatic carbocycles. The minimum absolute atomic E-state index is 0.626. The minimum Gasteiger partial charge on any atom is -0.373 e. The highest BCUT2D eigenvalue weighted by Gasteiger charge is 2.26. The third kappa shape index (κ3) is 2.25. The molecule has 1 fully saturated rings. The Balaban J connectivity index is 2.10. The van der Waals surface area contributed by atoms with Gasteiger partial charge in [-0.15, -0.1) is 0 Å². The van der Waals surface area contributed by atoms with Crippen molar-refractivity contribution in [1.82, 2.24) is 9.97 Å². The van der Waals surface area contributed by atoms with Crippen LogP contribution in [0.4, 0.5) is 5.82 Å². The van der Waals surface area contributed by atoms with Crippen LogP contribution in [0.15, 0.2) is 34.8 Å². The summed E-state index contributed by atoms with van der Waals surface area (Å²) < 4.78 is 1.03. The average Bonchev–Trinajstić information content (AvgIpc) is 3.23. The average molecular weight is 304 g/mol. The van der Waals surface area contributed by atoms with E-state index in [2.05, 4.69) is 32.3 Å². The Morgan fingerprint density at radius 3 is 2.67 bits per heavy atom. The zero-order chi connectivity index (χ0) is 12.5. The number of halogens is 1. The van der Waals surface area contributed by atoms with Crippen molar-refractivity contribution in [3.8, 4) is 11.4 Å². The molecule has 3 nitrogen and oxygen atoms in total. The number of anilines is 1. The Morgan fingerprint density at radius 2 is 2.00 bits per heavy atom. The van der Waals surface area contributed by atoms with E-state index in [1.807, 2.05) is 31.3 Å². The second-order valence-corrected chi connectivity index (χ2v) is 5.36. The lowest BCUT2D eigenvalue weighted by Crippen LogP contribution is -2.00. The van der Waals surface area contributed by atoms with Crippen LogP contribution in [0.3, 0.4) is 0 Å².